The van der Waals surface area contributed by atoms with Crippen molar-refractivity contribution in [3.05, 3.63) is 56.9 Å². The molecule has 2 heterocycles. The molecule has 1 N–H and O–H groups in total. The van der Waals surface area contributed by atoms with Gasteiger partial charge in [-0.3, -0.25) is 4.79 Å². The quantitative estimate of drug-likeness (QED) is 0.595. The topological polar surface area (TPSA) is 45.2 Å². The highest BCUT2D eigenvalue weighted by Crippen LogP contribution is 2.34. The smallest absolute Gasteiger partial charge is 0.355 e. The zero-order valence-corrected chi connectivity index (χ0v) is 17.4. The minimum absolute atomic E-state index is 0.0700. The number of nitrogens with zero attached hydrogens (tertiary/aromatic N) is 2. The van der Waals surface area contributed by atoms with Crippen molar-refractivity contribution in [3.8, 4) is 0 Å². The summed E-state index contributed by atoms with van der Waals surface area (Å²) in [6.45, 7) is 1.10. The Labute approximate surface area is 178 Å². The van der Waals surface area contributed by atoms with E-state index in [0.717, 1.165) is 12.3 Å². The summed E-state index contributed by atoms with van der Waals surface area (Å²) in [4.78, 5) is 18.0. The maximum Gasteiger partial charge on any atom is 0.417 e. The van der Waals surface area contributed by atoms with Gasteiger partial charge in [0.25, 0.3) is 0 Å². The van der Waals surface area contributed by atoms with Crippen LogP contribution in [0.15, 0.2) is 34.9 Å². The van der Waals surface area contributed by atoms with Crippen LogP contribution in [0.25, 0.3) is 0 Å². The number of halogens is 6. The predicted molar refractivity (Wildman–Crippen MR) is 105 cm³/mol. The number of alkyl halides is 3. The highest BCUT2D eigenvalue weighted by atomic mass is 79.9. The summed E-state index contributed by atoms with van der Waals surface area (Å²) in [7, 11) is 0. The van der Waals surface area contributed by atoms with E-state index in [1.807, 2.05) is 0 Å². The van der Waals surface area contributed by atoms with Crippen LogP contribution in [0, 0.1) is 11.7 Å². The lowest BCUT2D eigenvalue weighted by Gasteiger charge is -2.32. The van der Waals surface area contributed by atoms with Crippen molar-refractivity contribution in [3.63, 3.8) is 0 Å². The molecule has 0 aliphatic carbocycles. The van der Waals surface area contributed by atoms with Crippen LogP contribution in [-0.2, 0) is 17.5 Å². The van der Waals surface area contributed by atoms with Crippen LogP contribution in [-0.4, -0.2) is 24.0 Å². The molecule has 4 nitrogen and oxygen atoms in total. The third kappa shape index (κ3) is 5.60. The van der Waals surface area contributed by atoms with Crippen molar-refractivity contribution < 1.29 is 22.4 Å². The van der Waals surface area contributed by atoms with Crippen molar-refractivity contribution in [2.75, 3.05) is 18.0 Å². The Morgan fingerprint density at radius 2 is 1.93 bits per heavy atom. The summed E-state index contributed by atoms with van der Waals surface area (Å²) < 4.78 is 52.2. The summed E-state index contributed by atoms with van der Waals surface area (Å²) in [6, 6.07) is 5.28. The molecule has 3 rings (SSSR count). The molecular formula is C19H17BrClF4N3O. The minimum Gasteiger partial charge on any atom is -0.355 e. The molecule has 0 saturated carbocycles. The number of rotatable bonds is 4. The molecule has 29 heavy (non-hydrogen) atoms. The number of benzene rings is 1. The number of amides is 1. The van der Waals surface area contributed by atoms with Gasteiger partial charge in [-0.15, -0.1) is 0 Å². The fourth-order valence-corrected chi connectivity index (χ4v) is 4.02. The van der Waals surface area contributed by atoms with Crippen LogP contribution >= 0.6 is 27.5 Å². The molecule has 0 unspecified atom stereocenters. The fraction of sp³-hybridized carbons (Fsp3) is 0.368. The molecule has 1 amide bonds. The third-order valence-corrected chi connectivity index (χ3v) is 5.44. The average Bonchev–Trinajstić information content (AvgIpc) is 2.65. The lowest BCUT2D eigenvalue weighted by atomic mass is 9.95. The molecule has 1 aromatic heterocycles. The van der Waals surface area contributed by atoms with E-state index in [9.17, 15) is 22.4 Å². The minimum atomic E-state index is -4.50. The summed E-state index contributed by atoms with van der Waals surface area (Å²) in [5, 5.41) is 2.73. The molecule has 2 aromatic rings. The Morgan fingerprint density at radius 1 is 1.24 bits per heavy atom. The summed E-state index contributed by atoms with van der Waals surface area (Å²) in [5.41, 5.74) is -0.257. The van der Waals surface area contributed by atoms with E-state index in [1.165, 1.54) is 12.1 Å². The summed E-state index contributed by atoms with van der Waals surface area (Å²) in [6.07, 6.45) is -2.72. The number of piperidine rings is 1. The molecule has 0 radical (unpaired) electrons. The molecule has 156 valence electrons. The standard InChI is InChI=1S/C19H17BrClF4N3O/c20-14-5-11(6-15(22)8-14)9-27-18(29)12-1-3-28(4-2-12)17-16(21)7-13(10-26-17)19(23,24)25/h5-8,10,12H,1-4,9H2,(H,27,29). The summed E-state index contributed by atoms with van der Waals surface area (Å²) >= 11 is 9.20. The molecule has 1 aliphatic rings. The molecule has 1 aromatic carbocycles. The maximum atomic E-state index is 13.4. The number of anilines is 1. The zero-order chi connectivity index (χ0) is 21.2. The van der Waals surface area contributed by atoms with Gasteiger partial charge in [-0.1, -0.05) is 27.5 Å². The van der Waals surface area contributed by atoms with Gasteiger partial charge in [0.1, 0.15) is 11.6 Å². The van der Waals surface area contributed by atoms with E-state index in [4.69, 9.17) is 11.6 Å². The monoisotopic (exact) mass is 493 g/mol. The van der Waals surface area contributed by atoms with Crippen LogP contribution < -0.4 is 10.2 Å². The van der Waals surface area contributed by atoms with Crippen LogP contribution in [0.2, 0.25) is 5.02 Å². The van der Waals surface area contributed by atoms with Crippen molar-refractivity contribution in [2.24, 2.45) is 5.92 Å². The largest absolute Gasteiger partial charge is 0.417 e. The molecular weight excluding hydrogens is 478 g/mol. The van der Waals surface area contributed by atoms with Gasteiger partial charge >= 0.3 is 6.18 Å². The van der Waals surface area contributed by atoms with E-state index in [-0.39, 0.29) is 29.2 Å². The van der Waals surface area contributed by atoms with Crippen molar-refractivity contribution in [1.29, 1.82) is 0 Å². The predicted octanol–water partition coefficient (Wildman–Crippen LogP) is 5.19. The highest BCUT2D eigenvalue weighted by Gasteiger charge is 2.33. The molecule has 1 saturated heterocycles. The van der Waals surface area contributed by atoms with E-state index in [2.05, 4.69) is 26.2 Å². The number of hydrogen-bond acceptors (Lipinski definition) is 3. The fourth-order valence-electron chi connectivity index (χ4n) is 3.22. The van der Waals surface area contributed by atoms with E-state index < -0.39 is 17.6 Å². The molecule has 1 fully saturated rings. The first-order valence-electron chi connectivity index (χ1n) is 8.84. The lowest BCUT2D eigenvalue weighted by molar-refractivity contribution is -0.137. The van der Waals surface area contributed by atoms with Gasteiger partial charge in [0.15, 0.2) is 0 Å². The number of nitrogens with one attached hydrogen (secondary N) is 1. The number of carbonyl (C=O) groups is 1. The Bertz CT molecular complexity index is 881. The first-order chi connectivity index (χ1) is 13.6. The van der Waals surface area contributed by atoms with Crippen molar-refractivity contribution in [1.82, 2.24) is 10.3 Å². The molecule has 10 heteroatoms. The third-order valence-electron chi connectivity index (χ3n) is 4.70. The number of pyridine rings is 1. The van der Waals surface area contributed by atoms with Crippen LogP contribution in [0.1, 0.15) is 24.0 Å². The Balaban J connectivity index is 1.55. The number of hydrogen-bond donors (Lipinski definition) is 1. The molecule has 1 aliphatic heterocycles. The normalized spacial score (nSPS) is 15.4. The highest BCUT2D eigenvalue weighted by molar-refractivity contribution is 9.10. The molecule has 0 atom stereocenters. The van der Waals surface area contributed by atoms with Crippen molar-refractivity contribution >= 4 is 39.3 Å². The Kier molecular flexibility index (Phi) is 6.68. The second kappa shape index (κ2) is 8.87. The van der Waals surface area contributed by atoms with Gasteiger partial charge < -0.3 is 10.2 Å². The van der Waals surface area contributed by atoms with Gasteiger partial charge in [0.2, 0.25) is 5.91 Å². The first-order valence-corrected chi connectivity index (χ1v) is 10.0. The lowest BCUT2D eigenvalue weighted by Crippen LogP contribution is -2.40. The van der Waals surface area contributed by atoms with Crippen LogP contribution in [0.5, 0.6) is 0 Å². The zero-order valence-electron chi connectivity index (χ0n) is 15.1. The van der Waals surface area contributed by atoms with Gasteiger partial charge in [0.05, 0.1) is 10.6 Å². The van der Waals surface area contributed by atoms with Crippen LogP contribution in [0.3, 0.4) is 0 Å². The Hall–Kier alpha value is -1.87. The van der Waals surface area contributed by atoms with Crippen molar-refractivity contribution in [2.45, 2.75) is 25.6 Å². The van der Waals surface area contributed by atoms with E-state index in [0.29, 0.717) is 36.0 Å². The number of carbonyl (C=O) groups excluding carboxylic acids is 1. The average molecular weight is 495 g/mol. The van der Waals surface area contributed by atoms with Gasteiger partial charge in [-0.25, -0.2) is 9.37 Å². The molecule has 0 bridgehead atoms. The summed E-state index contributed by atoms with van der Waals surface area (Å²) in [5.74, 6) is -0.492. The van der Waals surface area contributed by atoms with Crippen LogP contribution in [0.4, 0.5) is 23.4 Å². The van der Waals surface area contributed by atoms with E-state index in [1.54, 1.807) is 11.0 Å². The van der Waals surface area contributed by atoms with Gasteiger partial charge in [-0.2, -0.15) is 13.2 Å². The molecule has 0 spiro atoms. The SMILES string of the molecule is O=C(NCc1cc(F)cc(Br)c1)C1CCN(c2ncc(C(F)(F)F)cc2Cl)CC1. The van der Waals surface area contributed by atoms with Gasteiger partial charge in [0, 0.05) is 36.2 Å². The maximum absolute atomic E-state index is 13.4. The van der Waals surface area contributed by atoms with E-state index >= 15 is 0 Å². The number of aromatic nitrogens is 1. The van der Waals surface area contributed by atoms with Gasteiger partial charge in [-0.05, 0) is 42.7 Å². The Morgan fingerprint density at radius 3 is 2.52 bits per heavy atom. The second-order valence-electron chi connectivity index (χ2n) is 6.78. The second-order valence-corrected chi connectivity index (χ2v) is 8.11. The first kappa shape index (κ1) is 21.8.